The molecule has 4 rings (SSSR count). The molecule has 1 aromatic carbocycles. The second-order valence-corrected chi connectivity index (χ2v) is 8.05. The van der Waals surface area contributed by atoms with Crippen LogP contribution in [-0.2, 0) is 7.05 Å². The zero-order chi connectivity index (χ0) is 22.4. The molecule has 0 aliphatic heterocycles. The highest BCUT2D eigenvalue weighted by molar-refractivity contribution is 7.21. The molecule has 3 heterocycles. The molecule has 0 atom stereocenters. The minimum atomic E-state index is -0.750. The van der Waals surface area contributed by atoms with Gasteiger partial charge in [-0.05, 0) is 17.4 Å². The molecule has 156 valence electrons. The number of H-pyrrole nitrogens is 1. The number of fused-ring (bicyclic) bond motifs is 1. The van der Waals surface area contributed by atoms with Crippen molar-refractivity contribution in [1.82, 2.24) is 10.3 Å². The van der Waals surface area contributed by atoms with Gasteiger partial charge in [-0.25, -0.2) is 9.78 Å². The summed E-state index contributed by atoms with van der Waals surface area (Å²) in [5.41, 5.74) is 11.6. The molecule has 0 saturated heterocycles. The van der Waals surface area contributed by atoms with Gasteiger partial charge in [-0.1, -0.05) is 34.0 Å². The van der Waals surface area contributed by atoms with Gasteiger partial charge in [-0.3, -0.25) is 9.52 Å². The monoisotopic (exact) mass is 475 g/mol. The van der Waals surface area contributed by atoms with E-state index in [0.717, 1.165) is 11.3 Å². The second-order valence-electron chi connectivity index (χ2n) is 6.26. The van der Waals surface area contributed by atoms with Gasteiger partial charge in [0.25, 0.3) is 0 Å². The molecule has 31 heavy (non-hydrogen) atoms. The zero-order valence-electron chi connectivity index (χ0n) is 15.6. The number of hydrogen-bond acceptors (Lipinski definition) is 9. The van der Waals surface area contributed by atoms with Crippen molar-refractivity contribution >= 4 is 67.8 Å². The Kier molecular flexibility index (Phi) is 5.06. The van der Waals surface area contributed by atoms with Crippen LogP contribution in [0, 0.1) is 11.3 Å². The van der Waals surface area contributed by atoms with Gasteiger partial charge in [0.2, 0.25) is 0 Å². The standard InChI is InChI=1S/C18H11Cl2N7O3S/c1-27-13(18(29)30-26-27)9-6(5-21)15(23)25-17-10(9)12(22)14(31-17)16(28)24-8-4-2-3-7(19)11(8)20/h2-4H,1H3,(H5-,22,23,24,25,26,28,29). The van der Waals surface area contributed by atoms with Crippen LogP contribution in [0.25, 0.3) is 21.5 Å². The predicted molar refractivity (Wildman–Crippen MR) is 115 cm³/mol. The first kappa shape index (κ1) is 20.7. The van der Waals surface area contributed by atoms with Crippen LogP contribution >= 0.6 is 34.5 Å². The number of aryl methyl sites for hydroxylation is 1. The molecular weight excluding hydrogens is 465 g/mol. The Hall–Kier alpha value is -3.59. The third-order valence-electron chi connectivity index (χ3n) is 4.40. The van der Waals surface area contributed by atoms with Crippen LogP contribution in [0.1, 0.15) is 10.4 Å². The number of pyridine rings is 1. The average molecular weight is 476 g/mol. The fourth-order valence-corrected chi connectivity index (χ4v) is 4.36. The smallest absolute Gasteiger partial charge is 0.435 e. The summed E-state index contributed by atoms with van der Waals surface area (Å²) in [6, 6.07) is 6.61. The lowest BCUT2D eigenvalue weighted by molar-refractivity contribution is -0.730. The number of nitrogens with one attached hydrogen (secondary N) is 1. The molecule has 0 fully saturated rings. The van der Waals surface area contributed by atoms with E-state index in [9.17, 15) is 15.2 Å². The maximum atomic E-state index is 12.9. The van der Waals surface area contributed by atoms with Gasteiger partial charge in [-0.2, -0.15) is 5.26 Å². The first-order valence-electron chi connectivity index (χ1n) is 8.44. The molecule has 0 bridgehead atoms. The number of anilines is 2. The van der Waals surface area contributed by atoms with E-state index in [-0.39, 0.29) is 59.2 Å². The van der Waals surface area contributed by atoms with Crippen molar-refractivity contribution in [3.05, 3.63) is 49.1 Å². The van der Waals surface area contributed by atoms with Gasteiger partial charge in [0, 0.05) is 5.90 Å². The Morgan fingerprint density at radius 3 is 2.81 bits per heavy atom. The van der Waals surface area contributed by atoms with Crippen LogP contribution in [0.4, 0.5) is 17.2 Å². The SMILES string of the molecule is C[n+]1[nH]oc(=O)c1-c1c(C#N)c(N)nc2sc(C([O-])=Nc3cccc(Cl)c3Cl)c(N)c12. The van der Waals surface area contributed by atoms with Crippen molar-refractivity contribution in [3.8, 4) is 17.3 Å². The van der Waals surface area contributed by atoms with E-state index in [2.05, 4.69) is 15.2 Å². The number of nitrogens with two attached hydrogens (primary N) is 2. The number of thiophene rings is 1. The lowest BCUT2D eigenvalue weighted by Gasteiger charge is -2.10. The molecule has 10 nitrogen and oxygen atoms in total. The molecule has 0 saturated carbocycles. The Bertz CT molecular complexity index is 1500. The van der Waals surface area contributed by atoms with Crippen molar-refractivity contribution in [3.63, 3.8) is 0 Å². The molecule has 0 radical (unpaired) electrons. The van der Waals surface area contributed by atoms with Crippen molar-refractivity contribution in [2.75, 3.05) is 11.5 Å². The summed E-state index contributed by atoms with van der Waals surface area (Å²) in [5.74, 6) is -0.821. The fourth-order valence-electron chi connectivity index (χ4n) is 3.03. The van der Waals surface area contributed by atoms with Crippen LogP contribution in [0.3, 0.4) is 0 Å². The maximum absolute atomic E-state index is 12.9. The van der Waals surface area contributed by atoms with E-state index >= 15 is 0 Å². The third-order valence-corrected chi connectivity index (χ3v) is 6.30. The summed E-state index contributed by atoms with van der Waals surface area (Å²) in [4.78, 5) is 20.8. The number of nitriles is 1. The van der Waals surface area contributed by atoms with Gasteiger partial charge in [-0.15, -0.1) is 11.3 Å². The van der Waals surface area contributed by atoms with E-state index in [1.165, 1.54) is 17.8 Å². The number of nitrogens with zero attached hydrogens (tertiary/aromatic N) is 4. The largest absolute Gasteiger partial charge is 0.858 e. The maximum Gasteiger partial charge on any atom is 0.435 e. The predicted octanol–water partition coefficient (Wildman–Crippen LogP) is 1.85. The number of rotatable bonds is 3. The summed E-state index contributed by atoms with van der Waals surface area (Å²) in [6.45, 7) is 0. The number of aromatic nitrogens is 3. The number of halogens is 2. The van der Waals surface area contributed by atoms with E-state index in [4.69, 9.17) is 39.2 Å². The highest BCUT2D eigenvalue weighted by Crippen LogP contribution is 2.41. The molecule has 5 N–H and O–H groups in total. The molecule has 0 aliphatic rings. The number of aromatic amines is 1. The number of nitrogen functional groups attached to an aromatic ring is 2. The van der Waals surface area contributed by atoms with Crippen LogP contribution in [0.15, 0.2) is 32.5 Å². The molecule has 0 aliphatic carbocycles. The van der Waals surface area contributed by atoms with Crippen LogP contribution < -0.4 is 26.9 Å². The van der Waals surface area contributed by atoms with E-state index < -0.39 is 11.5 Å². The molecular formula is C18H11Cl2N7O3S. The summed E-state index contributed by atoms with van der Waals surface area (Å²) in [5, 5.41) is 25.5. The Labute approximate surface area is 187 Å². The molecule has 13 heteroatoms. The summed E-state index contributed by atoms with van der Waals surface area (Å²) in [7, 11) is 1.51. The fraction of sp³-hybridized carbons (Fsp3) is 0.0556. The summed E-state index contributed by atoms with van der Waals surface area (Å²) < 4.78 is 6.07. The van der Waals surface area contributed by atoms with Gasteiger partial charge in [0.1, 0.15) is 22.3 Å². The van der Waals surface area contributed by atoms with Crippen molar-refractivity contribution in [2.45, 2.75) is 0 Å². The van der Waals surface area contributed by atoms with E-state index in [1.807, 2.05) is 6.07 Å². The lowest BCUT2D eigenvalue weighted by atomic mass is 10.0. The zero-order valence-corrected chi connectivity index (χ0v) is 17.9. The Balaban J connectivity index is 2.04. The Morgan fingerprint density at radius 1 is 1.42 bits per heavy atom. The highest BCUT2D eigenvalue weighted by Gasteiger charge is 2.31. The summed E-state index contributed by atoms with van der Waals surface area (Å²) in [6.07, 6.45) is 0. The first-order chi connectivity index (χ1) is 14.7. The minimum Gasteiger partial charge on any atom is -0.858 e. The average Bonchev–Trinajstić information content (AvgIpc) is 3.23. The van der Waals surface area contributed by atoms with Gasteiger partial charge in [0.15, 0.2) is 7.05 Å². The lowest BCUT2D eigenvalue weighted by Crippen LogP contribution is -2.34. The number of hydrogen-bond donors (Lipinski definition) is 3. The number of benzene rings is 1. The van der Waals surface area contributed by atoms with E-state index in [1.54, 1.807) is 12.1 Å². The van der Waals surface area contributed by atoms with Crippen molar-refractivity contribution < 1.29 is 14.3 Å². The van der Waals surface area contributed by atoms with Crippen LogP contribution in [0.2, 0.25) is 10.0 Å². The quantitative estimate of drug-likeness (QED) is 0.230. The second kappa shape index (κ2) is 7.59. The third kappa shape index (κ3) is 3.27. The molecule has 0 amide bonds. The van der Waals surface area contributed by atoms with Crippen molar-refractivity contribution in [2.24, 2.45) is 12.0 Å². The minimum absolute atomic E-state index is 0.00558. The van der Waals surface area contributed by atoms with Gasteiger partial charge < -0.3 is 16.6 Å². The topological polar surface area (TPSA) is 174 Å². The van der Waals surface area contributed by atoms with Crippen LogP contribution in [-0.4, -0.2) is 16.2 Å². The molecule has 0 unspecified atom stereocenters. The number of aliphatic imine (C=N–C) groups is 1. The van der Waals surface area contributed by atoms with Gasteiger partial charge >= 0.3 is 11.3 Å². The molecule has 3 aromatic heterocycles. The van der Waals surface area contributed by atoms with Crippen LogP contribution in [0.5, 0.6) is 0 Å². The van der Waals surface area contributed by atoms with E-state index in [0.29, 0.717) is 0 Å². The first-order valence-corrected chi connectivity index (χ1v) is 10.0. The molecule has 0 spiro atoms. The summed E-state index contributed by atoms with van der Waals surface area (Å²) >= 11 is 13.0. The van der Waals surface area contributed by atoms with Gasteiger partial charge in [0.05, 0.1) is 37.2 Å². The molecule has 4 aromatic rings. The normalized spacial score (nSPS) is 11.7. The van der Waals surface area contributed by atoms with Crippen molar-refractivity contribution in [1.29, 1.82) is 5.26 Å². The Morgan fingerprint density at radius 2 is 2.16 bits per heavy atom. The highest BCUT2D eigenvalue weighted by atomic mass is 35.5.